The maximum atomic E-state index is 11.7. The fourth-order valence-electron chi connectivity index (χ4n) is 1.97. The van der Waals surface area contributed by atoms with Crippen LogP contribution in [0.15, 0.2) is 18.2 Å². The van der Waals surface area contributed by atoms with Crippen LogP contribution in [0.3, 0.4) is 0 Å². The summed E-state index contributed by atoms with van der Waals surface area (Å²) < 4.78 is 5.29. The normalized spacial score (nSPS) is 12.9. The van der Waals surface area contributed by atoms with Gasteiger partial charge in [0.25, 0.3) is 5.91 Å². The Labute approximate surface area is 125 Å². The van der Waals surface area contributed by atoms with Crippen LogP contribution in [0.5, 0.6) is 5.75 Å². The second-order valence-electron chi connectivity index (χ2n) is 4.55. The average Bonchev–Trinajstić information content (AvgIpc) is 2.48. The number of nitrogens with zero attached hydrogens (tertiary/aromatic N) is 2. The number of hydrogen-bond acceptors (Lipinski definition) is 5. The second-order valence-corrected chi connectivity index (χ2v) is 4.55. The summed E-state index contributed by atoms with van der Waals surface area (Å²) in [5, 5.41) is 19.8. The van der Waals surface area contributed by atoms with Crippen molar-refractivity contribution < 1.29 is 24.2 Å². The summed E-state index contributed by atoms with van der Waals surface area (Å²) in [5.74, 6) is -1.41. The van der Waals surface area contributed by atoms with Crippen LogP contribution < -0.4 is 15.0 Å². The molecule has 8 heteroatoms. The lowest BCUT2D eigenvalue weighted by atomic mass is 10.2. The minimum atomic E-state index is -1.05. The first-order valence-electron chi connectivity index (χ1n) is 6.47. The maximum absolute atomic E-state index is 11.7. The zero-order valence-corrected chi connectivity index (χ0v) is 11.5. The highest BCUT2D eigenvalue weighted by Gasteiger charge is 2.25. The summed E-state index contributed by atoms with van der Waals surface area (Å²) in [4.78, 5) is 35.0. The summed E-state index contributed by atoms with van der Waals surface area (Å²) in [7, 11) is 0. The Kier molecular flexibility index (Phi) is 4.58. The van der Waals surface area contributed by atoms with Gasteiger partial charge in [0.15, 0.2) is 6.61 Å². The van der Waals surface area contributed by atoms with Crippen molar-refractivity contribution in [1.82, 2.24) is 0 Å². The van der Waals surface area contributed by atoms with Crippen molar-refractivity contribution in [3.63, 3.8) is 0 Å². The van der Waals surface area contributed by atoms with Gasteiger partial charge in [-0.15, -0.1) is 0 Å². The topological polar surface area (TPSA) is 120 Å². The van der Waals surface area contributed by atoms with Gasteiger partial charge in [-0.3, -0.25) is 19.3 Å². The Balaban J connectivity index is 2.12. The number of carbonyl (C=O) groups excluding carboxylic acids is 2. The van der Waals surface area contributed by atoms with Crippen LogP contribution in [-0.2, 0) is 14.4 Å². The molecular formula is C14H13N3O5. The van der Waals surface area contributed by atoms with Crippen LogP contribution in [-0.4, -0.2) is 36.0 Å². The molecule has 2 N–H and O–H groups in total. The molecular weight excluding hydrogens is 290 g/mol. The van der Waals surface area contributed by atoms with Crippen molar-refractivity contribution in [3.8, 4) is 11.8 Å². The van der Waals surface area contributed by atoms with E-state index in [1.807, 2.05) is 6.07 Å². The molecule has 0 aliphatic carbocycles. The monoisotopic (exact) mass is 303 g/mol. The van der Waals surface area contributed by atoms with Gasteiger partial charge in [-0.1, -0.05) is 0 Å². The highest BCUT2D eigenvalue weighted by Crippen LogP contribution is 2.34. The van der Waals surface area contributed by atoms with Gasteiger partial charge in [0, 0.05) is 18.2 Å². The number of nitrogens with one attached hydrogen (secondary N) is 1. The smallest absolute Gasteiger partial charge is 0.303 e. The summed E-state index contributed by atoms with van der Waals surface area (Å²) in [6.45, 7) is -0.259. The van der Waals surface area contributed by atoms with Crippen LogP contribution >= 0.6 is 0 Å². The van der Waals surface area contributed by atoms with E-state index in [9.17, 15) is 14.4 Å². The quantitative estimate of drug-likeness (QED) is 0.774. The van der Waals surface area contributed by atoms with E-state index < -0.39 is 11.9 Å². The highest BCUT2D eigenvalue weighted by molar-refractivity contribution is 5.99. The third kappa shape index (κ3) is 3.52. The summed E-state index contributed by atoms with van der Waals surface area (Å²) in [5.41, 5.74) is 0.890. The average molecular weight is 303 g/mol. The molecule has 114 valence electrons. The molecule has 1 heterocycles. The minimum absolute atomic E-state index is 0.0838. The molecule has 1 aliphatic heterocycles. The van der Waals surface area contributed by atoms with E-state index in [0.29, 0.717) is 17.1 Å². The van der Waals surface area contributed by atoms with Gasteiger partial charge in [-0.05, 0) is 12.1 Å². The van der Waals surface area contributed by atoms with Gasteiger partial charge < -0.3 is 15.2 Å². The SMILES string of the molecule is N#CCN1C(=O)COc2cc(NC(=O)CCC(=O)O)ccc21. The van der Waals surface area contributed by atoms with Crippen molar-refractivity contribution in [2.24, 2.45) is 0 Å². The number of aliphatic carboxylic acids is 1. The number of ether oxygens (including phenoxy) is 1. The summed E-state index contributed by atoms with van der Waals surface area (Å²) in [6.07, 6.45) is -0.385. The molecule has 2 amide bonds. The lowest BCUT2D eigenvalue weighted by Gasteiger charge is -2.27. The molecule has 0 aromatic heterocycles. The zero-order valence-electron chi connectivity index (χ0n) is 11.5. The first-order valence-corrected chi connectivity index (χ1v) is 6.47. The van der Waals surface area contributed by atoms with Gasteiger partial charge in [0.2, 0.25) is 5.91 Å². The molecule has 1 aliphatic rings. The number of amides is 2. The fourth-order valence-corrected chi connectivity index (χ4v) is 1.97. The van der Waals surface area contributed by atoms with E-state index in [4.69, 9.17) is 15.1 Å². The van der Waals surface area contributed by atoms with Crippen LogP contribution in [0.25, 0.3) is 0 Å². The van der Waals surface area contributed by atoms with E-state index >= 15 is 0 Å². The number of hydrogen-bond donors (Lipinski definition) is 2. The Bertz CT molecular complexity index is 665. The molecule has 1 aromatic rings. The van der Waals surface area contributed by atoms with E-state index in [-0.39, 0.29) is 31.9 Å². The highest BCUT2D eigenvalue weighted by atomic mass is 16.5. The molecule has 0 atom stereocenters. The first-order chi connectivity index (χ1) is 10.5. The van der Waals surface area contributed by atoms with E-state index in [2.05, 4.69) is 5.32 Å². The second kappa shape index (κ2) is 6.58. The van der Waals surface area contributed by atoms with Gasteiger partial charge in [-0.2, -0.15) is 5.26 Å². The number of rotatable bonds is 5. The van der Waals surface area contributed by atoms with E-state index in [1.54, 1.807) is 12.1 Å². The fraction of sp³-hybridized carbons (Fsp3) is 0.286. The molecule has 0 bridgehead atoms. The zero-order chi connectivity index (χ0) is 16.1. The van der Waals surface area contributed by atoms with Gasteiger partial charge in [0.05, 0.1) is 18.2 Å². The molecule has 22 heavy (non-hydrogen) atoms. The number of anilines is 2. The number of fused-ring (bicyclic) bond motifs is 1. The van der Waals surface area contributed by atoms with Gasteiger partial charge >= 0.3 is 5.97 Å². The number of carbonyl (C=O) groups is 3. The Morgan fingerprint density at radius 2 is 2.18 bits per heavy atom. The maximum Gasteiger partial charge on any atom is 0.303 e. The van der Waals surface area contributed by atoms with Crippen LogP contribution in [0.1, 0.15) is 12.8 Å². The largest absolute Gasteiger partial charge is 0.481 e. The van der Waals surface area contributed by atoms with Crippen LogP contribution in [0, 0.1) is 11.3 Å². The molecule has 2 rings (SSSR count). The first kappa shape index (κ1) is 15.3. The number of carboxylic acids is 1. The van der Waals surface area contributed by atoms with Crippen molar-refractivity contribution in [3.05, 3.63) is 18.2 Å². The third-order valence-corrected chi connectivity index (χ3v) is 2.98. The number of nitriles is 1. The molecule has 0 saturated heterocycles. The van der Waals surface area contributed by atoms with Crippen molar-refractivity contribution in [1.29, 1.82) is 5.26 Å². The Hall–Kier alpha value is -3.08. The van der Waals surface area contributed by atoms with Crippen LogP contribution in [0.2, 0.25) is 0 Å². The van der Waals surface area contributed by atoms with Gasteiger partial charge in [0.1, 0.15) is 12.3 Å². The molecule has 8 nitrogen and oxygen atoms in total. The number of benzene rings is 1. The van der Waals surface area contributed by atoms with Crippen molar-refractivity contribution in [2.45, 2.75) is 12.8 Å². The standard InChI is InChI=1S/C14H13N3O5/c15-5-6-17-10-2-1-9(7-11(10)22-8-13(17)19)16-12(18)3-4-14(20)21/h1-2,7H,3-4,6,8H2,(H,16,18)(H,20,21). The lowest BCUT2D eigenvalue weighted by Crippen LogP contribution is -2.39. The summed E-state index contributed by atoms with van der Waals surface area (Å²) in [6, 6.07) is 6.56. The molecule has 0 spiro atoms. The predicted octanol–water partition coefficient (Wildman–Crippen LogP) is 0.739. The molecule has 0 saturated carbocycles. The van der Waals surface area contributed by atoms with Crippen molar-refractivity contribution in [2.75, 3.05) is 23.4 Å². The van der Waals surface area contributed by atoms with E-state index in [0.717, 1.165) is 0 Å². The predicted molar refractivity (Wildman–Crippen MR) is 75.4 cm³/mol. The summed E-state index contributed by atoms with van der Waals surface area (Å²) >= 11 is 0. The minimum Gasteiger partial charge on any atom is -0.481 e. The Morgan fingerprint density at radius 1 is 1.41 bits per heavy atom. The lowest BCUT2D eigenvalue weighted by molar-refractivity contribution is -0.138. The molecule has 1 aromatic carbocycles. The van der Waals surface area contributed by atoms with E-state index in [1.165, 1.54) is 11.0 Å². The van der Waals surface area contributed by atoms with Crippen molar-refractivity contribution >= 4 is 29.2 Å². The number of carboxylic acid groups (broad SMARTS) is 1. The Morgan fingerprint density at radius 3 is 2.86 bits per heavy atom. The molecule has 0 fully saturated rings. The third-order valence-electron chi connectivity index (χ3n) is 2.98. The van der Waals surface area contributed by atoms with Crippen LogP contribution in [0.4, 0.5) is 11.4 Å². The molecule has 0 radical (unpaired) electrons. The molecule has 0 unspecified atom stereocenters. The van der Waals surface area contributed by atoms with Gasteiger partial charge in [-0.25, -0.2) is 0 Å².